The molecule has 7 heteroatoms. The first-order valence-electron chi connectivity index (χ1n) is 9.92. The number of urea groups is 1. The minimum Gasteiger partial charge on any atom is -0.449 e. The predicted octanol–water partition coefficient (Wildman–Crippen LogP) is 3.06. The summed E-state index contributed by atoms with van der Waals surface area (Å²) in [6, 6.07) is 14.3. The van der Waals surface area contributed by atoms with E-state index in [2.05, 4.69) is 16.0 Å². The number of hydrogen-bond acceptors (Lipinski definition) is 4. The smallest absolute Gasteiger partial charge is 0.338 e. The standard InChI is InChI=1S/C23H29N3O4/c1-15(2)26-23(29)25-14-19-9-11-20(12-10-19)22(28)30-17(4)21(27)24-13-18-7-5-16(3)6-8-18/h5-12,15,17H,13-14H2,1-4H3,(H,24,27)(H2,25,26,29)/t17-/m1/s1. The molecule has 3 N–H and O–H groups in total. The maximum absolute atomic E-state index is 12.3. The van der Waals surface area contributed by atoms with Gasteiger partial charge in [0.25, 0.3) is 5.91 Å². The second kappa shape index (κ2) is 11.0. The van der Waals surface area contributed by atoms with Crippen LogP contribution in [-0.4, -0.2) is 30.1 Å². The van der Waals surface area contributed by atoms with E-state index in [-0.39, 0.29) is 18.0 Å². The third-order valence-electron chi connectivity index (χ3n) is 4.30. The molecule has 0 unspecified atom stereocenters. The first kappa shape index (κ1) is 22.9. The van der Waals surface area contributed by atoms with Crippen molar-refractivity contribution >= 4 is 17.9 Å². The van der Waals surface area contributed by atoms with Gasteiger partial charge in [-0.25, -0.2) is 9.59 Å². The number of benzene rings is 2. The lowest BCUT2D eigenvalue weighted by molar-refractivity contribution is -0.129. The van der Waals surface area contributed by atoms with Crippen LogP contribution < -0.4 is 16.0 Å². The van der Waals surface area contributed by atoms with E-state index >= 15 is 0 Å². The predicted molar refractivity (Wildman–Crippen MR) is 115 cm³/mol. The number of esters is 1. The number of amides is 3. The molecule has 7 nitrogen and oxygen atoms in total. The van der Waals surface area contributed by atoms with E-state index in [1.165, 1.54) is 6.92 Å². The van der Waals surface area contributed by atoms with Crippen molar-refractivity contribution < 1.29 is 19.1 Å². The molecule has 3 amide bonds. The molecule has 160 valence electrons. The summed E-state index contributed by atoms with van der Waals surface area (Å²) in [6.45, 7) is 8.00. The number of rotatable bonds is 8. The highest BCUT2D eigenvalue weighted by molar-refractivity contribution is 5.92. The van der Waals surface area contributed by atoms with E-state index in [0.29, 0.717) is 18.7 Å². The van der Waals surface area contributed by atoms with Gasteiger partial charge >= 0.3 is 12.0 Å². The van der Waals surface area contributed by atoms with Gasteiger partial charge in [-0.3, -0.25) is 4.79 Å². The Balaban J connectivity index is 1.80. The molecule has 0 bridgehead atoms. The summed E-state index contributed by atoms with van der Waals surface area (Å²) in [7, 11) is 0. The molecule has 2 rings (SSSR count). The van der Waals surface area contributed by atoms with Crippen LogP contribution in [0.4, 0.5) is 4.79 Å². The molecule has 0 spiro atoms. The van der Waals surface area contributed by atoms with Crippen LogP contribution in [0.15, 0.2) is 48.5 Å². The zero-order chi connectivity index (χ0) is 22.1. The van der Waals surface area contributed by atoms with Gasteiger partial charge in [-0.15, -0.1) is 0 Å². The lowest BCUT2D eigenvalue weighted by Crippen LogP contribution is -2.39. The summed E-state index contributed by atoms with van der Waals surface area (Å²) in [5.74, 6) is -0.939. The SMILES string of the molecule is Cc1ccc(CNC(=O)[C@@H](C)OC(=O)c2ccc(CNC(=O)NC(C)C)cc2)cc1. The van der Waals surface area contributed by atoms with Crippen LogP contribution in [0.3, 0.4) is 0 Å². The largest absolute Gasteiger partial charge is 0.449 e. The van der Waals surface area contributed by atoms with E-state index in [9.17, 15) is 14.4 Å². The van der Waals surface area contributed by atoms with Gasteiger partial charge in [0, 0.05) is 19.1 Å². The van der Waals surface area contributed by atoms with Crippen LogP contribution >= 0.6 is 0 Å². The van der Waals surface area contributed by atoms with E-state index in [1.54, 1.807) is 24.3 Å². The number of carbonyl (C=O) groups excluding carboxylic acids is 3. The Kier molecular flexibility index (Phi) is 8.41. The maximum atomic E-state index is 12.3. The molecule has 0 radical (unpaired) electrons. The van der Waals surface area contributed by atoms with Crippen molar-refractivity contribution in [3.63, 3.8) is 0 Å². The Morgan fingerprint density at radius 2 is 1.37 bits per heavy atom. The Bertz CT molecular complexity index is 861. The second-order valence-electron chi connectivity index (χ2n) is 7.43. The van der Waals surface area contributed by atoms with Crippen molar-refractivity contribution in [3.8, 4) is 0 Å². The quantitative estimate of drug-likeness (QED) is 0.582. The van der Waals surface area contributed by atoms with E-state index in [0.717, 1.165) is 16.7 Å². The number of ether oxygens (including phenoxy) is 1. The second-order valence-corrected chi connectivity index (χ2v) is 7.43. The Hall–Kier alpha value is -3.35. The third-order valence-corrected chi connectivity index (χ3v) is 4.30. The molecule has 0 fully saturated rings. The Morgan fingerprint density at radius 3 is 1.93 bits per heavy atom. The monoisotopic (exact) mass is 411 g/mol. The van der Waals surface area contributed by atoms with Crippen molar-refractivity contribution in [2.24, 2.45) is 0 Å². The highest BCUT2D eigenvalue weighted by Crippen LogP contribution is 2.08. The van der Waals surface area contributed by atoms with E-state index in [1.807, 2.05) is 45.0 Å². The summed E-state index contributed by atoms with van der Waals surface area (Å²) in [5.41, 5.74) is 3.30. The summed E-state index contributed by atoms with van der Waals surface area (Å²) in [4.78, 5) is 36.1. The summed E-state index contributed by atoms with van der Waals surface area (Å²) in [6.07, 6.45) is -0.913. The molecule has 2 aromatic carbocycles. The molecule has 0 saturated heterocycles. The van der Waals surface area contributed by atoms with Gasteiger partial charge in [-0.2, -0.15) is 0 Å². The number of aryl methyl sites for hydroxylation is 1. The van der Waals surface area contributed by atoms with Crippen LogP contribution in [0.2, 0.25) is 0 Å². The fourth-order valence-corrected chi connectivity index (χ4v) is 2.58. The molecule has 0 saturated carbocycles. The van der Waals surface area contributed by atoms with Gasteiger partial charge in [0.05, 0.1) is 5.56 Å². The molecular weight excluding hydrogens is 382 g/mol. The van der Waals surface area contributed by atoms with E-state index < -0.39 is 12.1 Å². The third kappa shape index (κ3) is 7.58. The van der Waals surface area contributed by atoms with Crippen LogP contribution in [-0.2, 0) is 22.6 Å². The normalized spacial score (nSPS) is 11.5. The minimum atomic E-state index is -0.913. The lowest BCUT2D eigenvalue weighted by atomic mass is 10.1. The fraction of sp³-hybridized carbons (Fsp3) is 0.348. The zero-order valence-electron chi connectivity index (χ0n) is 17.8. The van der Waals surface area contributed by atoms with Crippen molar-refractivity contribution in [2.45, 2.75) is 52.9 Å². The van der Waals surface area contributed by atoms with Crippen molar-refractivity contribution in [2.75, 3.05) is 0 Å². The Labute approximate surface area is 177 Å². The van der Waals surface area contributed by atoms with Gasteiger partial charge in [-0.05, 0) is 51.0 Å². The average molecular weight is 412 g/mol. The van der Waals surface area contributed by atoms with Crippen LogP contribution in [0.5, 0.6) is 0 Å². The van der Waals surface area contributed by atoms with Gasteiger partial charge in [-0.1, -0.05) is 42.0 Å². The van der Waals surface area contributed by atoms with Gasteiger partial charge in [0.1, 0.15) is 0 Å². The molecule has 0 aromatic heterocycles. The molecule has 0 aliphatic carbocycles. The van der Waals surface area contributed by atoms with Crippen molar-refractivity contribution in [1.29, 1.82) is 0 Å². The van der Waals surface area contributed by atoms with Gasteiger partial charge < -0.3 is 20.7 Å². The number of hydrogen-bond donors (Lipinski definition) is 3. The lowest BCUT2D eigenvalue weighted by Gasteiger charge is -2.14. The first-order chi connectivity index (χ1) is 14.2. The molecule has 0 heterocycles. The summed E-state index contributed by atoms with van der Waals surface area (Å²) >= 11 is 0. The molecule has 2 aromatic rings. The van der Waals surface area contributed by atoms with E-state index in [4.69, 9.17) is 4.74 Å². The summed E-state index contributed by atoms with van der Waals surface area (Å²) in [5, 5.41) is 8.24. The summed E-state index contributed by atoms with van der Waals surface area (Å²) < 4.78 is 5.26. The molecule has 0 aliphatic rings. The highest BCUT2D eigenvalue weighted by atomic mass is 16.5. The topological polar surface area (TPSA) is 96.5 Å². The number of nitrogens with one attached hydrogen (secondary N) is 3. The Morgan fingerprint density at radius 1 is 0.833 bits per heavy atom. The van der Waals surface area contributed by atoms with Gasteiger partial charge in [0.2, 0.25) is 0 Å². The average Bonchev–Trinajstić information content (AvgIpc) is 2.71. The molecular formula is C23H29N3O4. The fourth-order valence-electron chi connectivity index (χ4n) is 2.58. The number of carbonyl (C=O) groups is 3. The van der Waals surface area contributed by atoms with Crippen molar-refractivity contribution in [3.05, 3.63) is 70.8 Å². The zero-order valence-corrected chi connectivity index (χ0v) is 17.8. The van der Waals surface area contributed by atoms with Crippen LogP contribution in [0.1, 0.15) is 47.8 Å². The van der Waals surface area contributed by atoms with Crippen LogP contribution in [0, 0.1) is 6.92 Å². The molecule has 30 heavy (non-hydrogen) atoms. The van der Waals surface area contributed by atoms with Crippen LogP contribution in [0.25, 0.3) is 0 Å². The van der Waals surface area contributed by atoms with Gasteiger partial charge in [0.15, 0.2) is 6.10 Å². The molecule has 1 atom stereocenters. The molecule has 0 aliphatic heterocycles. The maximum Gasteiger partial charge on any atom is 0.338 e. The highest BCUT2D eigenvalue weighted by Gasteiger charge is 2.18. The first-order valence-corrected chi connectivity index (χ1v) is 9.92. The van der Waals surface area contributed by atoms with Crippen molar-refractivity contribution in [1.82, 2.24) is 16.0 Å². The minimum absolute atomic E-state index is 0.0539.